The summed E-state index contributed by atoms with van der Waals surface area (Å²) in [5.41, 5.74) is 0.502. The molecule has 0 aliphatic carbocycles. The van der Waals surface area contributed by atoms with Gasteiger partial charge in [0.15, 0.2) is 0 Å². The van der Waals surface area contributed by atoms with Gasteiger partial charge in [-0.3, -0.25) is 0 Å². The number of aromatic carboxylic acids is 1. The molecule has 20 heavy (non-hydrogen) atoms. The van der Waals surface area contributed by atoms with Crippen molar-refractivity contribution < 1.29 is 23.2 Å². The first-order valence-corrected chi connectivity index (χ1v) is 5.78. The molecule has 1 heterocycles. The Morgan fingerprint density at radius 1 is 1.35 bits per heavy atom. The van der Waals surface area contributed by atoms with Crippen LogP contribution in [0.25, 0.3) is 0 Å². The first-order valence-electron chi connectivity index (χ1n) is 5.78. The second-order valence-corrected chi connectivity index (χ2v) is 4.28. The molecule has 0 radical (unpaired) electrons. The van der Waals surface area contributed by atoms with Crippen LogP contribution in [0.4, 0.5) is 14.5 Å². The maximum atomic E-state index is 13.7. The first kappa shape index (κ1) is 14.0. The molecule has 7 heteroatoms. The summed E-state index contributed by atoms with van der Waals surface area (Å²) in [6, 6.07) is 1.53. The average molecular weight is 282 g/mol. The van der Waals surface area contributed by atoms with E-state index in [4.69, 9.17) is 9.63 Å². The third kappa shape index (κ3) is 2.61. The van der Waals surface area contributed by atoms with Crippen LogP contribution in [0.15, 0.2) is 16.7 Å². The molecule has 106 valence electrons. The van der Waals surface area contributed by atoms with Crippen molar-refractivity contribution >= 4 is 11.7 Å². The summed E-state index contributed by atoms with van der Waals surface area (Å²) in [7, 11) is 0. The minimum absolute atomic E-state index is 0.126. The molecule has 1 aromatic carbocycles. The van der Waals surface area contributed by atoms with Gasteiger partial charge in [0.2, 0.25) is 0 Å². The number of carbonyl (C=O) groups is 1. The van der Waals surface area contributed by atoms with E-state index in [9.17, 15) is 13.6 Å². The largest absolute Gasteiger partial charge is 0.478 e. The number of carboxylic acids is 1. The van der Waals surface area contributed by atoms with Crippen molar-refractivity contribution in [3.8, 4) is 0 Å². The van der Waals surface area contributed by atoms with Gasteiger partial charge in [-0.25, -0.2) is 13.6 Å². The summed E-state index contributed by atoms with van der Waals surface area (Å²) in [6.45, 7) is 3.53. The van der Waals surface area contributed by atoms with Crippen LogP contribution in [0.1, 0.15) is 27.4 Å². The molecule has 0 saturated carbocycles. The Balaban J connectivity index is 2.24. The van der Waals surface area contributed by atoms with Gasteiger partial charge in [-0.2, -0.15) is 0 Å². The van der Waals surface area contributed by atoms with Crippen molar-refractivity contribution in [3.63, 3.8) is 0 Å². The topological polar surface area (TPSA) is 75.4 Å². The minimum Gasteiger partial charge on any atom is -0.478 e. The van der Waals surface area contributed by atoms with Gasteiger partial charge in [0, 0.05) is 12.1 Å². The van der Waals surface area contributed by atoms with E-state index in [1.807, 2.05) is 0 Å². The van der Waals surface area contributed by atoms with E-state index in [0.717, 1.165) is 12.1 Å². The summed E-state index contributed by atoms with van der Waals surface area (Å²) >= 11 is 0. The van der Waals surface area contributed by atoms with Gasteiger partial charge < -0.3 is 14.9 Å². The minimum atomic E-state index is -1.39. The lowest BCUT2D eigenvalue weighted by molar-refractivity contribution is 0.0696. The maximum absolute atomic E-state index is 13.7. The molecule has 0 aliphatic heterocycles. The molecule has 0 saturated heterocycles. The number of hydrogen-bond donors (Lipinski definition) is 2. The van der Waals surface area contributed by atoms with Crippen LogP contribution in [0.2, 0.25) is 0 Å². The standard InChI is InChI=1S/C13H12F2N2O3/c1-6-9(7(2)20-17-6)5-16-12-10(14)3-8(13(18)19)4-11(12)15/h3-4,16H,5H2,1-2H3,(H,18,19). The molecule has 5 nitrogen and oxygen atoms in total. The molecule has 2 N–H and O–H groups in total. The lowest BCUT2D eigenvalue weighted by Crippen LogP contribution is -2.07. The number of hydrogen-bond acceptors (Lipinski definition) is 4. The van der Waals surface area contributed by atoms with Gasteiger partial charge >= 0.3 is 5.97 Å². The third-order valence-corrected chi connectivity index (χ3v) is 2.91. The zero-order valence-corrected chi connectivity index (χ0v) is 10.8. The third-order valence-electron chi connectivity index (χ3n) is 2.91. The molecule has 0 fully saturated rings. The van der Waals surface area contributed by atoms with E-state index in [-0.39, 0.29) is 12.2 Å². The molecule has 0 spiro atoms. The Bertz CT molecular complexity index is 625. The number of halogens is 2. The van der Waals surface area contributed by atoms with E-state index in [1.54, 1.807) is 13.8 Å². The van der Waals surface area contributed by atoms with Crippen molar-refractivity contribution in [2.45, 2.75) is 20.4 Å². The van der Waals surface area contributed by atoms with Gasteiger partial charge in [-0.15, -0.1) is 0 Å². The van der Waals surface area contributed by atoms with Gasteiger partial charge in [0.25, 0.3) is 0 Å². The number of aromatic nitrogens is 1. The molecule has 2 rings (SSSR count). The highest BCUT2D eigenvalue weighted by Gasteiger charge is 2.16. The maximum Gasteiger partial charge on any atom is 0.335 e. The lowest BCUT2D eigenvalue weighted by Gasteiger charge is -2.09. The summed E-state index contributed by atoms with van der Waals surface area (Å²) in [5.74, 6) is -2.76. The smallest absolute Gasteiger partial charge is 0.335 e. The highest BCUT2D eigenvalue weighted by Crippen LogP contribution is 2.23. The predicted octanol–water partition coefficient (Wildman–Crippen LogP) is 2.88. The average Bonchev–Trinajstić information content (AvgIpc) is 2.68. The zero-order valence-electron chi connectivity index (χ0n) is 10.8. The van der Waals surface area contributed by atoms with Crippen molar-refractivity contribution in [1.82, 2.24) is 5.16 Å². The molecule has 1 aromatic heterocycles. The van der Waals surface area contributed by atoms with E-state index < -0.39 is 23.2 Å². The Kier molecular flexibility index (Phi) is 3.69. The molecule has 2 aromatic rings. The van der Waals surface area contributed by atoms with E-state index in [0.29, 0.717) is 17.0 Å². The van der Waals surface area contributed by atoms with Crippen molar-refractivity contribution in [1.29, 1.82) is 0 Å². The van der Waals surface area contributed by atoms with Crippen molar-refractivity contribution in [2.24, 2.45) is 0 Å². The Labute approximate surface area is 113 Å². The summed E-state index contributed by atoms with van der Waals surface area (Å²) in [6.07, 6.45) is 0. The van der Waals surface area contributed by atoms with Crippen LogP contribution < -0.4 is 5.32 Å². The number of benzene rings is 1. The number of anilines is 1. The highest BCUT2D eigenvalue weighted by atomic mass is 19.1. The number of rotatable bonds is 4. The lowest BCUT2D eigenvalue weighted by atomic mass is 10.1. The number of carboxylic acid groups (broad SMARTS) is 1. The Hall–Kier alpha value is -2.44. The van der Waals surface area contributed by atoms with E-state index in [2.05, 4.69) is 10.5 Å². The SMILES string of the molecule is Cc1noc(C)c1CNc1c(F)cc(C(=O)O)cc1F. The van der Waals surface area contributed by atoms with E-state index in [1.165, 1.54) is 0 Å². The molecule has 0 amide bonds. The zero-order chi connectivity index (χ0) is 14.9. The molecule has 0 atom stereocenters. The Morgan fingerprint density at radius 2 is 1.95 bits per heavy atom. The summed E-state index contributed by atoms with van der Waals surface area (Å²) < 4.78 is 32.3. The number of nitrogens with zero attached hydrogens (tertiary/aromatic N) is 1. The first-order chi connectivity index (χ1) is 9.40. The molecular weight excluding hydrogens is 270 g/mol. The normalized spacial score (nSPS) is 10.6. The second-order valence-electron chi connectivity index (χ2n) is 4.28. The molecular formula is C13H12F2N2O3. The second kappa shape index (κ2) is 5.28. The van der Waals surface area contributed by atoms with Gasteiger partial charge in [-0.05, 0) is 26.0 Å². The Morgan fingerprint density at radius 3 is 2.40 bits per heavy atom. The van der Waals surface area contributed by atoms with Crippen LogP contribution in [0.3, 0.4) is 0 Å². The fourth-order valence-electron chi connectivity index (χ4n) is 1.80. The van der Waals surface area contributed by atoms with Gasteiger partial charge in [0.1, 0.15) is 23.1 Å². The predicted molar refractivity (Wildman–Crippen MR) is 66.6 cm³/mol. The number of nitrogens with one attached hydrogen (secondary N) is 1. The molecule has 0 aliphatic rings. The van der Waals surface area contributed by atoms with Gasteiger partial charge in [-0.1, -0.05) is 5.16 Å². The van der Waals surface area contributed by atoms with E-state index >= 15 is 0 Å². The van der Waals surface area contributed by atoms with Crippen molar-refractivity contribution in [3.05, 3.63) is 46.3 Å². The quantitative estimate of drug-likeness (QED) is 0.901. The number of aryl methyl sites for hydroxylation is 2. The van der Waals surface area contributed by atoms with Gasteiger partial charge in [0.05, 0.1) is 11.3 Å². The molecule has 0 bridgehead atoms. The van der Waals surface area contributed by atoms with Crippen LogP contribution in [0, 0.1) is 25.5 Å². The van der Waals surface area contributed by atoms with Crippen LogP contribution in [-0.4, -0.2) is 16.2 Å². The molecule has 0 unspecified atom stereocenters. The van der Waals surface area contributed by atoms with Crippen LogP contribution in [-0.2, 0) is 6.54 Å². The fraction of sp³-hybridized carbons (Fsp3) is 0.231. The fourth-order valence-corrected chi connectivity index (χ4v) is 1.80. The van der Waals surface area contributed by atoms with Crippen LogP contribution in [0.5, 0.6) is 0 Å². The van der Waals surface area contributed by atoms with Crippen molar-refractivity contribution in [2.75, 3.05) is 5.32 Å². The highest BCUT2D eigenvalue weighted by molar-refractivity contribution is 5.88. The van der Waals surface area contributed by atoms with Crippen LogP contribution >= 0.6 is 0 Å². The summed E-state index contributed by atoms with van der Waals surface area (Å²) in [5, 5.41) is 15.0. The summed E-state index contributed by atoms with van der Waals surface area (Å²) in [4.78, 5) is 10.7. The monoisotopic (exact) mass is 282 g/mol.